The molecule has 7 nitrogen and oxygen atoms in total. The molecule has 1 fully saturated rings. The smallest absolute Gasteiger partial charge is 0.254 e. The van der Waals surface area contributed by atoms with E-state index in [4.69, 9.17) is 14.2 Å². The summed E-state index contributed by atoms with van der Waals surface area (Å²) in [5.74, 6) is 0.873. The van der Waals surface area contributed by atoms with E-state index in [1.54, 1.807) is 38.3 Å². The Kier molecular flexibility index (Phi) is 7.29. The zero-order chi connectivity index (χ0) is 24.2. The van der Waals surface area contributed by atoms with Crippen LogP contribution in [0.1, 0.15) is 72.0 Å². The van der Waals surface area contributed by atoms with Gasteiger partial charge in [0.2, 0.25) is 5.91 Å². The number of amides is 2. The van der Waals surface area contributed by atoms with Gasteiger partial charge in [0.15, 0.2) is 11.5 Å². The van der Waals surface area contributed by atoms with Crippen LogP contribution >= 0.6 is 0 Å². The zero-order valence-electron chi connectivity index (χ0n) is 20.4. The van der Waals surface area contributed by atoms with Gasteiger partial charge in [-0.3, -0.25) is 9.59 Å². The maximum Gasteiger partial charge on any atom is 0.254 e. The fraction of sp³-hybridized carbons (Fsp3) is 0.481. The molecule has 1 N–H and O–H groups in total. The van der Waals surface area contributed by atoms with E-state index < -0.39 is 12.0 Å². The third kappa shape index (κ3) is 4.56. The molecule has 1 saturated carbocycles. The number of likely N-dealkylation sites (N-methyl/N-ethyl adjacent to an activating group) is 1. The molecule has 0 aromatic heterocycles. The van der Waals surface area contributed by atoms with Gasteiger partial charge in [-0.15, -0.1) is 0 Å². The van der Waals surface area contributed by atoms with Crippen molar-refractivity contribution in [2.45, 2.75) is 56.5 Å². The Balaban J connectivity index is 1.80. The zero-order valence-corrected chi connectivity index (χ0v) is 20.4. The minimum atomic E-state index is -0.589. The summed E-state index contributed by atoms with van der Waals surface area (Å²) < 4.78 is 16.3. The van der Waals surface area contributed by atoms with Crippen LogP contribution in [0, 0.1) is 0 Å². The summed E-state index contributed by atoms with van der Waals surface area (Å²) in [6.07, 6.45) is 6.64. The summed E-state index contributed by atoms with van der Waals surface area (Å²) in [7, 11) is 6.47. The van der Waals surface area contributed by atoms with E-state index in [9.17, 15) is 9.59 Å². The number of ether oxygens (including phenoxy) is 3. The number of fused-ring (bicyclic) bond motifs is 1. The molecule has 2 aromatic rings. The number of benzene rings is 2. The van der Waals surface area contributed by atoms with Gasteiger partial charge in [-0.2, -0.15) is 0 Å². The predicted molar refractivity (Wildman–Crippen MR) is 130 cm³/mol. The molecular formula is C27H34N2O5. The van der Waals surface area contributed by atoms with E-state index in [0.29, 0.717) is 22.6 Å². The summed E-state index contributed by atoms with van der Waals surface area (Å²) >= 11 is 0. The highest BCUT2D eigenvalue weighted by atomic mass is 16.5. The van der Waals surface area contributed by atoms with Crippen molar-refractivity contribution in [1.82, 2.24) is 10.2 Å². The van der Waals surface area contributed by atoms with Gasteiger partial charge < -0.3 is 24.4 Å². The lowest BCUT2D eigenvalue weighted by atomic mass is 9.79. The average Bonchev–Trinajstić information content (AvgIpc) is 3.13. The number of carbonyl (C=O) groups excluding carboxylic acids is 2. The van der Waals surface area contributed by atoms with Crippen LogP contribution in [-0.4, -0.2) is 51.1 Å². The van der Waals surface area contributed by atoms with Crippen LogP contribution in [0.3, 0.4) is 0 Å². The van der Waals surface area contributed by atoms with E-state index in [1.165, 1.54) is 20.0 Å². The van der Waals surface area contributed by atoms with E-state index in [0.717, 1.165) is 37.0 Å². The molecule has 34 heavy (non-hydrogen) atoms. The molecular weight excluding hydrogens is 432 g/mol. The Morgan fingerprint density at radius 2 is 1.53 bits per heavy atom. The van der Waals surface area contributed by atoms with Crippen LogP contribution in [-0.2, 0) is 4.79 Å². The SMILES string of the molecule is COc1ccc(C2C(C(=O)NC3CCCCCC3)c3cc(OC)c(OC)cc3C(=O)N2C)cc1. The highest BCUT2D eigenvalue weighted by Crippen LogP contribution is 2.46. The van der Waals surface area contributed by atoms with Crippen LogP contribution in [0.5, 0.6) is 17.2 Å². The van der Waals surface area contributed by atoms with E-state index in [2.05, 4.69) is 5.32 Å². The van der Waals surface area contributed by atoms with E-state index in [-0.39, 0.29) is 17.9 Å². The minimum Gasteiger partial charge on any atom is -0.497 e. The fourth-order valence-electron chi connectivity index (χ4n) is 5.26. The Morgan fingerprint density at radius 1 is 0.912 bits per heavy atom. The van der Waals surface area contributed by atoms with Crippen molar-refractivity contribution in [2.75, 3.05) is 28.4 Å². The molecule has 182 valence electrons. The fourth-order valence-corrected chi connectivity index (χ4v) is 5.26. The number of carbonyl (C=O) groups is 2. The van der Waals surface area contributed by atoms with Gasteiger partial charge in [-0.05, 0) is 48.2 Å². The molecule has 2 aliphatic rings. The summed E-state index contributed by atoms with van der Waals surface area (Å²) in [6, 6.07) is 10.7. The molecule has 2 amide bonds. The van der Waals surface area contributed by atoms with Crippen LogP contribution in [0.25, 0.3) is 0 Å². The Hall–Kier alpha value is -3.22. The molecule has 2 unspecified atom stereocenters. The molecule has 1 aliphatic heterocycles. The number of hydrogen-bond donors (Lipinski definition) is 1. The lowest BCUT2D eigenvalue weighted by Gasteiger charge is -2.40. The first-order valence-corrected chi connectivity index (χ1v) is 12.0. The van der Waals surface area contributed by atoms with E-state index >= 15 is 0 Å². The third-order valence-corrected chi connectivity index (χ3v) is 7.12. The highest BCUT2D eigenvalue weighted by Gasteiger charge is 2.44. The summed E-state index contributed by atoms with van der Waals surface area (Å²) in [6.45, 7) is 0. The molecule has 7 heteroatoms. The van der Waals surface area contributed by atoms with Gasteiger partial charge in [-0.25, -0.2) is 0 Å². The van der Waals surface area contributed by atoms with Crippen LogP contribution in [0.4, 0.5) is 0 Å². The molecule has 2 atom stereocenters. The minimum absolute atomic E-state index is 0.0689. The number of rotatable bonds is 6. The normalized spacial score (nSPS) is 20.8. The van der Waals surface area contributed by atoms with Crippen molar-refractivity contribution in [2.24, 2.45) is 0 Å². The molecule has 0 saturated heterocycles. The van der Waals surface area contributed by atoms with Gasteiger partial charge in [0, 0.05) is 18.7 Å². The van der Waals surface area contributed by atoms with Crippen molar-refractivity contribution >= 4 is 11.8 Å². The summed E-state index contributed by atoms with van der Waals surface area (Å²) in [5, 5.41) is 3.32. The standard InChI is InChI=1S/C27H34N2O5/c1-29-25(17-11-13-19(32-2)14-12-17)24(26(30)28-18-9-7-5-6-8-10-18)20-15-22(33-3)23(34-4)16-21(20)27(29)31/h11-16,18,24-25H,5-10H2,1-4H3,(H,28,30). The Morgan fingerprint density at radius 3 is 2.12 bits per heavy atom. The van der Waals surface area contributed by atoms with Crippen LogP contribution < -0.4 is 19.5 Å². The number of methoxy groups -OCH3 is 3. The average molecular weight is 467 g/mol. The first-order chi connectivity index (χ1) is 16.5. The molecule has 1 heterocycles. The second-order valence-electron chi connectivity index (χ2n) is 9.10. The maximum atomic E-state index is 13.9. The van der Waals surface area contributed by atoms with Gasteiger partial charge in [0.05, 0.1) is 33.3 Å². The maximum absolute atomic E-state index is 13.9. The monoisotopic (exact) mass is 466 g/mol. The number of hydrogen-bond acceptors (Lipinski definition) is 5. The van der Waals surface area contributed by atoms with Crippen molar-refractivity contribution in [3.63, 3.8) is 0 Å². The van der Waals surface area contributed by atoms with Gasteiger partial charge in [0.25, 0.3) is 5.91 Å². The molecule has 0 radical (unpaired) electrons. The summed E-state index contributed by atoms with van der Waals surface area (Å²) in [4.78, 5) is 29.0. The van der Waals surface area contributed by atoms with Gasteiger partial charge in [-0.1, -0.05) is 37.8 Å². The quantitative estimate of drug-likeness (QED) is 0.636. The highest BCUT2D eigenvalue weighted by molar-refractivity contribution is 6.02. The van der Waals surface area contributed by atoms with E-state index in [1.807, 2.05) is 24.3 Å². The van der Waals surface area contributed by atoms with Gasteiger partial charge >= 0.3 is 0 Å². The largest absolute Gasteiger partial charge is 0.497 e. The molecule has 2 aromatic carbocycles. The number of nitrogens with one attached hydrogen (secondary N) is 1. The van der Waals surface area contributed by atoms with Crippen molar-refractivity contribution in [1.29, 1.82) is 0 Å². The third-order valence-electron chi connectivity index (χ3n) is 7.12. The molecule has 0 spiro atoms. The first-order valence-electron chi connectivity index (χ1n) is 12.0. The van der Waals surface area contributed by atoms with Gasteiger partial charge in [0.1, 0.15) is 5.75 Å². The van der Waals surface area contributed by atoms with Crippen molar-refractivity contribution in [3.05, 3.63) is 53.1 Å². The lowest BCUT2D eigenvalue weighted by molar-refractivity contribution is -0.124. The van der Waals surface area contributed by atoms with Crippen LogP contribution in [0.15, 0.2) is 36.4 Å². The topological polar surface area (TPSA) is 77.1 Å². The lowest BCUT2D eigenvalue weighted by Crippen LogP contribution is -2.47. The first kappa shape index (κ1) is 23.9. The molecule has 1 aliphatic carbocycles. The second-order valence-corrected chi connectivity index (χ2v) is 9.10. The summed E-state index contributed by atoms with van der Waals surface area (Å²) in [5.41, 5.74) is 2.00. The second kappa shape index (κ2) is 10.4. The predicted octanol–water partition coefficient (Wildman–Crippen LogP) is 4.46. The molecule has 4 rings (SSSR count). The number of nitrogens with zero attached hydrogens (tertiary/aromatic N) is 1. The Labute approximate surface area is 201 Å². The van der Waals surface area contributed by atoms with Crippen molar-refractivity contribution < 1.29 is 23.8 Å². The molecule has 0 bridgehead atoms. The van der Waals surface area contributed by atoms with Crippen LogP contribution in [0.2, 0.25) is 0 Å². The Bertz CT molecular complexity index is 1030. The van der Waals surface area contributed by atoms with Crippen molar-refractivity contribution in [3.8, 4) is 17.2 Å².